The molecule has 1 aromatic carbocycles. The molecular weight excluding hydrogens is 604 g/mol. The van der Waals surface area contributed by atoms with Crippen molar-refractivity contribution < 1.29 is 19.3 Å². The third kappa shape index (κ3) is 6.52. The number of aromatic nitrogens is 2. The molecule has 5 heterocycles. The predicted molar refractivity (Wildman–Crippen MR) is 178 cm³/mol. The summed E-state index contributed by atoms with van der Waals surface area (Å²) in [4.78, 5) is 53.9. The van der Waals surface area contributed by atoms with Gasteiger partial charge in [-0.15, -0.1) is 0 Å². The number of rotatable bonds is 11. The summed E-state index contributed by atoms with van der Waals surface area (Å²) in [6.45, 7) is 12.4. The Morgan fingerprint density at radius 3 is 1.74 bits per heavy atom. The number of hydrogen-bond donors (Lipinski definition) is 1. The second-order valence-corrected chi connectivity index (χ2v) is 12.7. The summed E-state index contributed by atoms with van der Waals surface area (Å²) in [5.74, 6) is -0.153. The van der Waals surface area contributed by atoms with Gasteiger partial charge in [-0.05, 0) is 31.0 Å². The molecule has 3 saturated heterocycles. The quantitative estimate of drug-likeness (QED) is 0.223. The van der Waals surface area contributed by atoms with Crippen molar-refractivity contribution in [1.82, 2.24) is 23.8 Å². The van der Waals surface area contributed by atoms with Crippen LogP contribution in [0.3, 0.4) is 0 Å². The lowest BCUT2D eigenvalue weighted by atomic mass is 9.90. The van der Waals surface area contributed by atoms with E-state index in [0.29, 0.717) is 110 Å². The van der Waals surface area contributed by atoms with Gasteiger partial charge in [-0.1, -0.05) is 0 Å². The predicted octanol–water partition coefficient (Wildman–Crippen LogP) is 0.0401. The van der Waals surface area contributed by atoms with Gasteiger partial charge in [0.25, 0.3) is 16.7 Å². The zero-order valence-corrected chi connectivity index (χ0v) is 27.0. The molecule has 13 heteroatoms. The molecule has 0 amide bonds. The van der Waals surface area contributed by atoms with Crippen LogP contribution in [0, 0.1) is 0 Å². The Kier molecular flexibility index (Phi) is 9.80. The van der Waals surface area contributed by atoms with Gasteiger partial charge in [0.1, 0.15) is 0 Å². The number of hydrogen-bond acceptors (Lipinski definition) is 11. The van der Waals surface area contributed by atoms with Gasteiger partial charge in [-0.2, -0.15) is 0 Å². The molecule has 3 fully saturated rings. The van der Waals surface area contributed by atoms with Crippen LogP contribution in [0.2, 0.25) is 0 Å². The zero-order chi connectivity index (χ0) is 32.3. The van der Waals surface area contributed by atoms with E-state index in [1.807, 2.05) is 0 Å². The molecule has 0 bridgehead atoms. The number of aromatic hydroxyl groups is 1. The second kappa shape index (κ2) is 14.3. The van der Waals surface area contributed by atoms with E-state index in [1.54, 1.807) is 18.2 Å². The van der Waals surface area contributed by atoms with Crippen LogP contribution < -0.4 is 22.0 Å². The van der Waals surface area contributed by atoms with Crippen LogP contribution in [0.5, 0.6) is 5.88 Å². The monoisotopic (exact) mass is 648 g/mol. The summed E-state index contributed by atoms with van der Waals surface area (Å²) in [7, 11) is 0. The highest BCUT2D eigenvalue weighted by molar-refractivity contribution is 6.15. The van der Waals surface area contributed by atoms with Gasteiger partial charge in [0.05, 0.1) is 62.5 Å². The maximum Gasteiger partial charge on any atom is 0.263 e. The standard InChI is InChI=1S/C34H44N6O7/c41-31-24-3-4-25-29-28(24)26(33(43)39(31)8-1-6-36-11-17-45-18-12-36)23-27(35-5-10-38-15-21-47-22-16-38)30(29)34(44)40(32(25)42)9-2-7-37-13-19-46-20-14-37/h3-4,23,42H,1-2,5-22H2. The van der Waals surface area contributed by atoms with Crippen LogP contribution in [-0.4, -0.2) is 134 Å². The van der Waals surface area contributed by atoms with E-state index in [1.165, 1.54) is 9.13 Å². The van der Waals surface area contributed by atoms with Crippen molar-refractivity contribution in [1.29, 1.82) is 0 Å². The normalized spacial score (nSPS) is 19.5. The van der Waals surface area contributed by atoms with E-state index in [4.69, 9.17) is 19.2 Å². The number of benzene rings is 2. The van der Waals surface area contributed by atoms with Gasteiger partial charge >= 0.3 is 0 Å². The van der Waals surface area contributed by atoms with Crippen molar-refractivity contribution in [3.63, 3.8) is 0 Å². The molecule has 2 aromatic rings. The lowest BCUT2D eigenvalue weighted by Gasteiger charge is -2.27. The van der Waals surface area contributed by atoms with Gasteiger partial charge in [-0.25, -0.2) is 0 Å². The molecule has 1 N–H and O–H groups in total. The average molecular weight is 649 g/mol. The van der Waals surface area contributed by atoms with E-state index in [0.717, 1.165) is 52.4 Å². The van der Waals surface area contributed by atoms with Gasteiger partial charge < -0.3 is 19.3 Å². The largest absolute Gasteiger partial charge is 0.494 e. The van der Waals surface area contributed by atoms with Crippen LogP contribution in [0.25, 0.3) is 32.7 Å². The SMILES string of the molecule is O=c1c2c(=NCCN3CCOCC3)cc3c(=O)n(CCCN4CCOCC4)c(=O)c4ccc(c(O)n1CCCN1CCOCC1)c2c4-3. The summed E-state index contributed by atoms with van der Waals surface area (Å²) < 4.78 is 19.1. The Morgan fingerprint density at radius 1 is 0.617 bits per heavy atom. The third-order valence-electron chi connectivity index (χ3n) is 9.89. The molecule has 1 aromatic heterocycles. The first-order chi connectivity index (χ1) is 23.0. The maximum atomic E-state index is 14.3. The lowest BCUT2D eigenvalue weighted by molar-refractivity contribution is 0.0368. The minimum Gasteiger partial charge on any atom is -0.494 e. The Hall–Kier alpha value is -3.46. The van der Waals surface area contributed by atoms with Gasteiger partial charge in [0.15, 0.2) is 0 Å². The summed E-state index contributed by atoms with van der Waals surface area (Å²) in [5, 5.41) is 13.5. The molecular formula is C34H44N6O7. The summed E-state index contributed by atoms with van der Waals surface area (Å²) >= 11 is 0. The first-order valence-electron chi connectivity index (χ1n) is 17.0. The van der Waals surface area contributed by atoms with Crippen molar-refractivity contribution in [2.45, 2.75) is 25.9 Å². The highest BCUT2D eigenvalue weighted by Crippen LogP contribution is 2.36. The van der Waals surface area contributed by atoms with Crippen LogP contribution in [0.15, 0.2) is 37.6 Å². The molecule has 5 aliphatic rings. The van der Waals surface area contributed by atoms with Gasteiger partial charge in [-0.3, -0.25) is 43.2 Å². The lowest BCUT2D eigenvalue weighted by Crippen LogP contribution is -2.40. The third-order valence-corrected chi connectivity index (χ3v) is 9.89. The van der Waals surface area contributed by atoms with Crippen molar-refractivity contribution >= 4 is 21.5 Å². The molecule has 252 valence electrons. The number of ether oxygens (including phenoxy) is 3. The molecule has 0 unspecified atom stereocenters. The Labute approximate surface area is 272 Å². The highest BCUT2D eigenvalue weighted by atomic mass is 16.5. The molecule has 0 radical (unpaired) electrons. The highest BCUT2D eigenvalue weighted by Gasteiger charge is 2.27. The molecule has 0 spiro atoms. The van der Waals surface area contributed by atoms with Crippen LogP contribution >= 0.6 is 0 Å². The average Bonchev–Trinajstić information content (AvgIpc) is 3.10. The van der Waals surface area contributed by atoms with E-state index in [2.05, 4.69) is 14.7 Å². The van der Waals surface area contributed by atoms with Crippen molar-refractivity contribution in [2.75, 3.05) is 105 Å². The Morgan fingerprint density at radius 2 is 1.15 bits per heavy atom. The van der Waals surface area contributed by atoms with Crippen LogP contribution in [0.1, 0.15) is 12.8 Å². The fraction of sp³-hybridized carbons (Fsp3) is 0.588. The Bertz CT molecular complexity index is 1890. The first-order valence-corrected chi connectivity index (χ1v) is 17.0. The minimum atomic E-state index is -0.391. The molecule has 0 atom stereocenters. The summed E-state index contributed by atoms with van der Waals surface area (Å²) in [6, 6.07) is 5.08. The Balaban J connectivity index is 1.31. The zero-order valence-electron chi connectivity index (χ0n) is 27.0. The van der Waals surface area contributed by atoms with Gasteiger partial charge in [0, 0.05) is 93.7 Å². The van der Waals surface area contributed by atoms with E-state index in [-0.39, 0.29) is 23.5 Å². The van der Waals surface area contributed by atoms with Crippen LogP contribution in [0.4, 0.5) is 0 Å². The topological polar surface area (TPSA) is 131 Å². The smallest absolute Gasteiger partial charge is 0.263 e. The second-order valence-electron chi connectivity index (χ2n) is 12.7. The van der Waals surface area contributed by atoms with E-state index in [9.17, 15) is 19.5 Å². The van der Waals surface area contributed by atoms with Crippen LogP contribution in [-0.2, 0) is 27.3 Å². The van der Waals surface area contributed by atoms with Gasteiger partial charge in [0.2, 0.25) is 5.88 Å². The van der Waals surface area contributed by atoms with E-state index >= 15 is 0 Å². The number of pyridine rings is 2. The fourth-order valence-electron chi connectivity index (χ4n) is 7.29. The van der Waals surface area contributed by atoms with Crippen molar-refractivity contribution in [2.24, 2.45) is 4.99 Å². The molecule has 0 saturated carbocycles. The van der Waals surface area contributed by atoms with Crippen molar-refractivity contribution in [3.05, 3.63) is 54.6 Å². The molecule has 7 rings (SSSR count). The fourth-order valence-corrected chi connectivity index (χ4v) is 7.29. The molecule has 13 nitrogen and oxygen atoms in total. The molecule has 47 heavy (non-hydrogen) atoms. The molecule has 4 aliphatic heterocycles. The maximum absolute atomic E-state index is 14.3. The van der Waals surface area contributed by atoms with E-state index < -0.39 is 5.56 Å². The minimum absolute atomic E-state index is 0.153. The summed E-state index contributed by atoms with van der Waals surface area (Å²) in [6.07, 6.45) is 1.32. The summed E-state index contributed by atoms with van der Waals surface area (Å²) in [5.41, 5.74) is -0.356. The van der Waals surface area contributed by atoms with Crippen molar-refractivity contribution in [3.8, 4) is 17.0 Å². The first kappa shape index (κ1) is 32.1. The number of nitrogens with zero attached hydrogens (tertiary/aromatic N) is 6. The molecule has 1 aliphatic carbocycles. The number of morpholine rings is 3.